The summed E-state index contributed by atoms with van der Waals surface area (Å²) >= 11 is 1.82. The van der Waals surface area contributed by atoms with E-state index in [4.69, 9.17) is 4.98 Å². The molecule has 4 heteroatoms. The molecule has 20 heavy (non-hydrogen) atoms. The fourth-order valence-electron chi connectivity index (χ4n) is 2.09. The van der Waals surface area contributed by atoms with Crippen LogP contribution in [0.15, 0.2) is 24.4 Å². The third-order valence-corrected chi connectivity index (χ3v) is 4.12. The first-order valence-electron chi connectivity index (χ1n) is 7.27. The van der Waals surface area contributed by atoms with Crippen molar-refractivity contribution in [1.29, 1.82) is 0 Å². The SMILES string of the molecule is CCNCc1sc(Cc2ccccn2)nc1CC(C)C. The highest BCUT2D eigenvalue weighted by Gasteiger charge is 2.12. The molecule has 0 amide bonds. The van der Waals surface area contributed by atoms with Crippen molar-refractivity contribution in [3.05, 3.63) is 45.7 Å². The number of rotatable bonds is 7. The van der Waals surface area contributed by atoms with E-state index in [9.17, 15) is 0 Å². The second-order valence-electron chi connectivity index (χ2n) is 5.35. The van der Waals surface area contributed by atoms with Crippen molar-refractivity contribution >= 4 is 11.3 Å². The standard InChI is InChI=1S/C16H23N3S/c1-4-17-11-15-14(9-12(2)3)19-16(20-15)10-13-7-5-6-8-18-13/h5-8,12,17H,4,9-11H2,1-3H3. The smallest absolute Gasteiger partial charge is 0.0991 e. The molecule has 1 N–H and O–H groups in total. The van der Waals surface area contributed by atoms with Crippen LogP contribution in [-0.2, 0) is 19.4 Å². The quantitative estimate of drug-likeness (QED) is 0.848. The van der Waals surface area contributed by atoms with Gasteiger partial charge in [-0.2, -0.15) is 0 Å². The molecule has 0 fully saturated rings. The summed E-state index contributed by atoms with van der Waals surface area (Å²) in [5, 5.41) is 4.58. The normalized spacial score (nSPS) is 11.2. The average molecular weight is 289 g/mol. The van der Waals surface area contributed by atoms with Crippen LogP contribution in [0.3, 0.4) is 0 Å². The lowest BCUT2D eigenvalue weighted by Crippen LogP contribution is -2.12. The van der Waals surface area contributed by atoms with E-state index < -0.39 is 0 Å². The van der Waals surface area contributed by atoms with Crippen molar-refractivity contribution in [3.63, 3.8) is 0 Å². The van der Waals surface area contributed by atoms with Gasteiger partial charge in [0, 0.05) is 29.7 Å². The Hall–Kier alpha value is -1.26. The minimum absolute atomic E-state index is 0.639. The number of nitrogens with one attached hydrogen (secondary N) is 1. The predicted octanol–water partition coefficient (Wildman–Crippen LogP) is 3.44. The summed E-state index contributed by atoms with van der Waals surface area (Å²) in [7, 11) is 0. The van der Waals surface area contributed by atoms with Crippen molar-refractivity contribution in [2.24, 2.45) is 5.92 Å². The maximum absolute atomic E-state index is 4.84. The van der Waals surface area contributed by atoms with Crippen LogP contribution in [0, 0.1) is 5.92 Å². The van der Waals surface area contributed by atoms with E-state index >= 15 is 0 Å². The zero-order valence-electron chi connectivity index (χ0n) is 12.5. The molecule has 0 aliphatic carbocycles. The molecule has 0 saturated carbocycles. The number of nitrogens with zero attached hydrogens (tertiary/aromatic N) is 2. The van der Waals surface area contributed by atoms with Crippen LogP contribution in [0.5, 0.6) is 0 Å². The van der Waals surface area contributed by atoms with E-state index in [1.807, 2.05) is 29.7 Å². The Bertz CT molecular complexity index is 520. The monoisotopic (exact) mass is 289 g/mol. The van der Waals surface area contributed by atoms with Gasteiger partial charge in [-0.1, -0.05) is 26.8 Å². The Morgan fingerprint density at radius 1 is 1.30 bits per heavy atom. The van der Waals surface area contributed by atoms with Gasteiger partial charge in [0.15, 0.2) is 0 Å². The summed E-state index contributed by atoms with van der Waals surface area (Å²) in [5.41, 5.74) is 2.35. The van der Waals surface area contributed by atoms with Crippen LogP contribution in [0.1, 0.15) is 42.0 Å². The van der Waals surface area contributed by atoms with Gasteiger partial charge < -0.3 is 5.32 Å². The molecular weight excluding hydrogens is 266 g/mol. The minimum Gasteiger partial charge on any atom is -0.312 e. The summed E-state index contributed by atoms with van der Waals surface area (Å²) in [5.74, 6) is 0.639. The van der Waals surface area contributed by atoms with E-state index in [1.54, 1.807) is 0 Å². The first-order valence-corrected chi connectivity index (χ1v) is 8.08. The minimum atomic E-state index is 0.639. The summed E-state index contributed by atoms with van der Waals surface area (Å²) < 4.78 is 0. The molecule has 2 heterocycles. The Balaban J connectivity index is 2.14. The maximum Gasteiger partial charge on any atom is 0.0991 e. The predicted molar refractivity (Wildman–Crippen MR) is 85.1 cm³/mol. The molecule has 0 unspecified atom stereocenters. The Morgan fingerprint density at radius 3 is 2.80 bits per heavy atom. The molecule has 0 aliphatic heterocycles. The average Bonchev–Trinajstić information content (AvgIpc) is 2.78. The molecule has 2 aromatic rings. The van der Waals surface area contributed by atoms with Gasteiger partial charge in [-0.3, -0.25) is 4.98 Å². The zero-order chi connectivity index (χ0) is 14.4. The second-order valence-corrected chi connectivity index (χ2v) is 6.52. The van der Waals surface area contributed by atoms with E-state index in [-0.39, 0.29) is 0 Å². The van der Waals surface area contributed by atoms with Gasteiger partial charge in [0.2, 0.25) is 0 Å². The molecule has 0 aliphatic rings. The van der Waals surface area contributed by atoms with Crippen LogP contribution in [0.2, 0.25) is 0 Å². The Morgan fingerprint density at radius 2 is 2.15 bits per heavy atom. The lowest BCUT2D eigenvalue weighted by atomic mass is 10.1. The van der Waals surface area contributed by atoms with Gasteiger partial charge in [0.25, 0.3) is 0 Å². The molecule has 2 rings (SSSR count). The highest BCUT2D eigenvalue weighted by Crippen LogP contribution is 2.23. The molecule has 0 aromatic carbocycles. The molecule has 3 nitrogen and oxygen atoms in total. The summed E-state index contributed by atoms with van der Waals surface area (Å²) in [6, 6.07) is 6.05. The van der Waals surface area contributed by atoms with Gasteiger partial charge >= 0.3 is 0 Å². The third kappa shape index (κ3) is 4.39. The van der Waals surface area contributed by atoms with Crippen LogP contribution >= 0.6 is 11.3 Å². The lowest BCUT2D eigenvalue weighted by molar-refractivity contribution is 0.626. The number of thiazole rings is 1. The Labute approximate surface area is 125 Å². The van der Waals surface area contributed by atoms with Crippen molar-refractivity contribution < 1.29 is 0 Å². The third-order valence-electron chi connectivity index (χ3n) is 3.02. The number of hydrogen-bond acceptors (Lipinski definition) is 4. The number of pyridine rings is 1. The summed E-state index contributed by atoms with van der Waals surface area (Å²) in [6.45, 7) is 8.55. The van der Waals surface area contributed by atoms with Crippen LogP contribution in [0.25, 0.3) is 0 Å². The van der Waals surface area contributed by atoms with Crippen molar-refractivity contribution in [2.75, 3.05) is 6.54 Å². The van der Waals surface area contributed by atoms with Gasteiger partial charge in [0.05, 0.1) is 10.7 Å². The summed E-state index contributed by atoms with van der Waals surface area (Å²) in [4.78, 5) is 10.6. The van der Waals surface area contributed by atoms with Crippen molar-refractivity contribution in [2.45, 2.75) is 40.2 Å². The molecule has 2 aromatic heterocycles. The van der Waals surface area contributed by atoms with Crippen LogP contribution < -0.4 is 5.32 Å². The molecule has 0 bridgehead atoms. The molecule has 0 spiro atoms. The Kier molecular flexibility index (Phi) is 5.68. The van der Waals surface area contributed by atoms with Gasteiger partial charge in [-0.15, -0.1) is 11.3 Å². The zero-order valence-corrected chi connectivity index (χ0v) is 13.3. The highest BCUT2D eigenvalue weighted by atomic mass is 32.1. The van der Waals surface area contributed by atoms with Crippen molar-refractivity contribution in [3.8, 4) is 0 Å². The molecule has 0 radical (unpaired) electrons. The molecule has 0 atom stereocenters. The largest absolute Gasteiger partial charge is 0.312 e. The lowest BCUT2D eigenvalue weighted by Gasteiger charge is -2.04. The molecule has 108 valence electrons. The van der Waals surface area contributed by atoms with E-state index in [0.29, 0.717) is 5.92 Å². The molecule has 0 saturated heterocycles. The van der Waals surface area contributed by atoms with Gasteiger partial charge in [-0.05, 0) is 31.0 Å². The van der Waals surface area contributed by atoms with E-state index in [2.05, 4.69) is 37.1 Å². The van der Waals surface area contributed by atoms with Crippen LogP contribution in [0.4, 0.5) is 0 Å². The van der Waals surface area contributed by atoms with E-state index in [1.165, 1.54) is 15.6 Å². The van der Waals surface area contributed by atoms with Crippen LogP contribution in [-0.4, -0.2) is 16.5 Å². The van der Waals surface area contributed by atoms with Crippen molar-refractivity contribution in [1.82, 2.24) is 15.3 Å². The first kappa shape index (κ1) is 15.1. The fraction of sp³-hybridized carbons (Fsp3) is 0.500. The first-order chi connectivity index (χ1) is 9.69. The fourth-order valence-corrected chi connectivity index (χ4v) is 3.17. The highest BCUT2D eigenvalue weighted by molar-refractivity contribution is 7.11. The molecular formula is C16H23N3S. The number of aromatic nitrogens is 2. The number of hydrogen-bond donors (Lipinski definition) is 1. The van der Waals surface area contributed by atoms with Gasteiger partial charge in [-0.25, -0.2) is 4.98 Å². The van der Waals surface area contributed by atoms with E-state index in [0.717, 1.165) is 31.6 Å². The topological polar surface area (TPSA) is 37.8 Å². The maximum atomic E-state index is 4.84. The van der Waals surface area contributed by atoms with Gasteiger partial charge in [0.1, 0.15) is 0 Å². The second kappa shape index (κ2) is 7.50. The summed E-state index contributed by atoms with van der Waals surface area (Å²) in [6.07, 6.45) is 3.74.